The zero-order valence-corrected chi connectivity index (χ0v) is 9.31. The molecule has 0 spiro atoms. The van der Waals surface area contributed by atoms with Crippen molar-refractivity contribution in [3.05, 3.63) is 24.0 Å². The summed E-state index contributed by atoms with van der Waals surface area (Å²) in [6.45, 7) is 2.00. The Kier molecular flexibility index (Phi) is 2.52. The molecule has 1 aromatic heterocycles. The van der Waals surface area contributed by atoms with Crippen molar-refractivity contribution in [2.75, 3.05) is 5.73 Å². The molecule has 0 bridgehead atoms. The van der Waals surface area contributed by atoms with E-state index < -0.39 is 0 Å². The van der Waals surface area contributed by atoms with Crippen molar-refractivity contribution in [2.24, 2.45) is 7.05 Å². The number of nitrogen functional groups attached to an aromatic ring is 1. The maximum atomic E-state index is 9.53. The lowest BCUT2D eigenvalue weighted by Crippen LogP contribution is -1.95. The van der Waals surface area contributed by atoms with Crippen molar-refractivity contribution in [3.8, 4) is 17.1 Å². The second-order valence-corrected chi connectivity index (χ2v) is 3.60. The Bertz CT molecular complexity index is 519. The Morgan fingerprint density at radius 2 is 2.19 bits per heavy atom. The van der Waals surface area contributed by atoms with Gasteiger partial charge in [0.1, 0.15) is 5.75 Å². The summed E-state index contributed by atoms with van der Waals surface area (Å²) in [5.74, 6) is 1.58. The van der Waals surface area contributed by atoms with Crippen LogP contribution in [0.2, 0.25) is 0 Å². The molecular formula is C11H14N4O. The predicted molar refractivity (Wildman–Crippen MR) is 61.9 cm³/mol. The molecule has 5 heteroatoms. The summed E-state index contributed by atoms with van der Waals surface area (Å²) in [5, 5.41) is 13.8. The Morgan fingerprint density at radius 1 is 1.44 bits per heavy atom. The van der Waals surface area contributed by atoms with Gasteiger partial charge in [-0.15, -0.1) is 0 Å². The van der Waals surface area contributed by atoms with Crippen LogP contribution in [0.5, 0.6) is 5.75 Å². The number of phenolic OH excluding ortho intramolecular Hbond substituents is 1. The minimum atomic E-state index is 0.0681. The SMILES string of the molecule is CCc1nc(-c2ccc(N)c(O)c2)n(C)n1. The first-order valence-electron chi connectivity index (χ1n) is 5.10. The van der Waals surface area contributed by atoms with E-state index in [4.69, 9.17) is 5.73 Å². The molecule has 0 amide bonds. The van der Waals surface area contributed by atoms with Crippen LogP contribution in [0.25, 0.3) is 11.4 Å². The Morgan fingerprint density at radius 3 is 2.75 bits per heavy atom. The quantitative estimate of drug-likeness (QED) is 0.589. The van der Waals surface area contributed by atoms with Crippen LogP contribution in [0.4, 0.5) is 5.69 Å². The molecule has 0 fully saturated rings. The average Bonchev–Trinajstić information content (AvgIpc) is 2.64. The summed E-state index contributed by atoms with van der Waals surface area (Å²) in [4.78, 5) is 4.37. The second-order valence-electron chi connectivity index (χ2n) is 3.60. The molecule has 0 radical (unpaired) electrons. The lowest BCUT2D eigenvalue weighted by Gasteiger charge is -2.02. The molecule has 0 unspecified atom stereocenters. The van der Waals surface area contributed by atoms with E-state index in [1.807, 2.05) is 20.0 Å². The zero-order chi connectivity index (χ0) is 11.7. The van der Waals surface area contributed by atoms with Gasteiger partial charge in [0.25, 0.3) is 0 Å². The van der Waals surface area contributed by atoms with E-state index in [0.717, 1.165) is 23.6 Å². The van der Waals surface area contributed by atoms with E-state index in [-0.39, 0.29) is 5.75 Å². The number of aromatic nitrogens is 3. The fourth-order valence-corrected chi connectivity index (χ4v) is 1.52. The van der Waals surface area contributed by atoms with Crippen molar-refractivity contribution >= 4 is 5.69 Å². The highest BCUT2D eigenvalue weighted by atomic mass is 16.3. The van der Waals surface area contributed by atoms with Crippen molar-refractivity contribution in [1.29, 1.82) is 0 Å². The first-order chi connectivity index (χ1) is 7.61. The van der Waals surface area contributed by atoms with Crippen LogP contribution in [0.15, 0.2) is 18.2 Å². The number of phenols is 1. The smallest absolute Gasteiger partial charge is 0.158 e. The van der Waals surface area contributed by atoms with Crippen LogP contribution in [0, 0.1) is 0 Å². The predicted octanol–water partition coefficient (Wildman–Crippen LogP) is 1.33. The van der Waals surface area contributed by atoms with Gasteiger partial charge < -0.3 is 10.8 Å². The van der Waals surface area contributed by atoms with Crippen LogP contribution in [0.3, 0.4) is 0 Å². The van der Waals surface area contributed by atoms with Crippen LogP contribution >= 0.6 is 0 Å². The highest BCUT2D eigenvalue weighted by molar-refractivity contribution is 5.64. The van der Waals surface area contributed by atoms with Gasteiger partial charge in [0.15, 0.2) is 11.6 Å². The third-order valence-corrected chi connectivity index (χ3v) is 2.41. The van der Waals surface area contributed by atoms with Gasteiger partial charge in [0.05, 0.1) is 5.69 Å². The number of aromatic hydroxyl groups is 1. The lowest BCUT2D eigenvalue weighted by molar-refractivity contribution is 0.478. The summed E-state index contributed by atoms with van der Waals surface area (Å²) in [6, 6.07) is 5.07. The molecule has 0 aliphatic carbocycles. The van der Waals surface area contributed by atoms with Gasteiger partial charge in [0, 0.05) is 19.0 Å². The van der Waals surface area contributed by atoms with Crippen molar-refractivity contribution < 1.29 is 5.11 Å². The minimum Gasteiger partial charge on any atom is -0.506 e. The van der Waals surface area contributed by atoms with Gasteiger partial charge in [-0.3, -0.25) is 0 Å². The number of aryl methyl sites for hydroxylation is 2. The molecule has 5 nitrogen and oxygen atoms in total. The van der Waals surface area contributed by atoms with E-state index in [0.29, 0.717) is 5.69 Å². The van der Waals surface area contributed by atoms with Gasteiger partial charge in [-0.1, -0.05) is 6.92 Å². The normalized spacial score (nSPS) is 10.6. The summed E-state index contributed by atoms with van der Waals surface area (Å²) >= 11 is 0. The number of hydrogen-bond donors (Lipinski definition) is 2. The molecule has 2 aromatic rings. The summed E-state index contributed by atoms with van der Waals surface area (Å²) in [6.07, 6.45) is 0.787. The Hall–Kier alpha value is -2.04. The molecule has 0 saturated heterocycles. The van der Waals surface area contributed by atoms with Crippen LogP contribution < -0.4 is 5.73 Å². The fraction of sp³-hybridized carbons (Fsp3) is 0.273. The number of rotatable bonds is 2. The maximum absolute atomic E-state index is 9.53. The first-order valence-corrected chi connectivity index (χ1v) is 5.10. The van der Waals surface area contributed by atoms with Gasteiger partial charge >= 0.3 is 0 Å². The van der Waals surface area contributed by atoms with Crippen LogP contribution in [-0.2, 0) is 13.5 Å². The fourth-order valence-electron chi connectivity index (χ4n) is 1.52. The van der Waals surface area contributed by atoms with Crippen molar-refractivity contribution in [2.45, 2.75) is 13.3 Å². The molecule has 16 heavy (non-hydrogen) atoms. The summed E-state index contributed by atoms with van der Waals surface area (Å²) < 4.78 is 1.70. The van der Waals surface area contributed by atoms with Gasteiger partial charge in [0.2, 0.25) is 0 Å². The number of benzene rings is 1. The monoisotopic (exact) mass is 218 g/mol. The summed E-state index contributed by atoms with van der Waals surface area (Å²) in [5.41, 5.74) is 6.71. The Labute approximate surface area is 93.5 Å². The highest BCUT2D eigenvalue weighted by Gasteiger charge is 2.09. The lowest BCUT2D eigenvalue weighted by atomic mass is 10.2. The zero-order valence-electron chi connectivity index (χ0n) is 9.31. The standard InChI is InChI=1S/C11H14N4O/c1-3-10-13-11(15(2)14-10)7-4-5-8(12)9(16)6-7/h4-6,16H,3,12H2,1-2H3. The van der Waals surface area contributed by atoms with Crippen LogP contribution in [0.1, 0.15) is 12.7 Å². The molecule has 2 rings (SSSR count). The summed E-state index contributed by atoms with van der Waals surface area (Å²) in [7, 11) is 1.83. The van der Waals surface area contributed by atoms with Gasteiger partial charge in [-0.05, 0) is 18.2 Å². The van der Waals surface area contributed by atoms with Crippen molar-refractivity contribution in [1.82, 2.24) is 14.8 Å². The van der Waals surface area contributed by atoms with E-state index in [2.05, 4.69) is 10.1 Å². The maximum Gasteiger partial charge on any atom is 0.158 e. The van der Waals surface area contributed by atoms with E-state index in [1.165, 1.54) is 0 Å². The highest BCUT2D eigenvalue weighted by Crippen LogP contribution is 2.26. The molecule has 0 aliphatic rings. The Balaban J connectivity index is 2.49. The molecule has 84 valence electrons. The molecule has 0 saturated carbocycles. The molecule has 0 aliphatic heterocycles. The third-order valence-electron chi connectivity index (χ3n) is 2.41. The molecular weight excluding hydrogens is 204 g/mol. The van der Waals surface area contributed by atoms with Crippen LogP contribution in [-0.4, -0.2) is 19.9 Å². The topological polar surface area (TPSA) is 77.0 Å². The largest absolute Gasteiger partial charge is 0.506 e. The third kappa shape index (κ3) is 1.71. The number of hydrogen-bond acceptors (Lipinski definition) is 4. The number of nitrogens with zero attached hydrogens (tertiary/aromatic N) is 3. The minimum absolute atomic E-state index is 0.0681. The second kappa shape index (κ2) is 3.84. The van der Waals surface area contributed by atoms with Gasteiger partial charge in [-0.2, -0.15) is 5.10 Å². The molecule has 1 heterocycles. The average molecular weight is 218 g/mol. The molecule has 1 aromatic carbocycles. The molecule has 0 atom stereocenters. The molecule has 3 N–H and O–H groups in total. The van der Waals surface area contributed by atoms with E-state index in [1.54, 1.807) is 16.8 Å². The first kappa shape index (κ1) is 10.5. The van der Waals surface area contributed by atoms with Crippen molar-refractivity contribution in [3.63, 3.8) is 0 Å². The number of nitrogens with two attached hydrogens (primary N) is 1. The van der Waals surface area contributed by atoms with E-state index >= 15 is 0 Å². The van der Waals surface area contributed by atoms with Gasteiger partial charge in [-0.25, -0.2) is 9.67 Å². The van der Waals surface area contributed by atoms with E-state index in [9.17, 15) is 5.11 Å². The number of anilines is 1.